The van der Waals surface area contributed by atoms with Gasteiger partial charge in [0.15, 0.2) is 0 Å². The molecule has 6 heteroatoms. The van der Waals surface area contributed by atoms with Crippen molar-refractivity contribution in [3.05, 3.63) is 78.5 Å². The Kier molecular flexibility index (Phi) is 4.98. The zero-order valence-corrected chi connectivity index (χ0v) is 15.2. The van der Waals surface area contributed by atoms with E-state index in [4.69, 9.17) is 0 Å². The third kappa shape index (κ3) is 2.95. The van der Waals surface area contributed by atoms with Crippen molar-refractivity contribution in [1.82, 2.24) is 4.98 Å². The van der Waals surface area contributed by atoms with Gasteiger partial charge in [0.05, 0.1) is 17.1 Å². The summed E-state index contributed by atoms with van der Waals surface area (Å²) in [6, 6.07) is 23.7. The van der Waals surface area contributed by atoms with E-state index in [1.165, 1.54) is 0 Å². The summed E-state index contributed by atoms with van der Waals surface area (Å²) < 4.78 is 12.9. The molecule has 3 aromatic rings. The quantitative estimate of drug-likeness (QED) is 0.505. The normalized spacial score (nSPS) is 12.4. The van der Waals surface area contributed by atoms with Gasteiger partial charge in [-0.25, -0.2) is 9.37 Å². The number of nitrogens with zero attached hydrogens (tertiary/aromatic N) is 3. The fourth-order valence-corrected chi connectivity index (χ4v) is 2.76. The minimum atomic E-state index is -0.564. The maximum absolute atomic E-state index is 12.9. The van der Waals surface area contributed by atoms with E-state index in [1.54, 1.807) is 6.07 Å². The van der Waals surface area contributed by atoms with Crippen LogP contribution in [-0.2, 0) is 26.8 Å². The number of alkyl halides is 1. The van der Waals surface area contributed by atoms with Crippen LogP contribution in [0, 0.1) is 0 Å². The van der Waals surface area contributed by atoms with Crippen LogP contribution in [0.15, 0.2) is 72.8 Å². The smallest absolute Gasteiger partial charge is 0.367 e. The molecule has 1 aliphatic rings. The summed E-state index contributed by atoms with van der Waals surface area (Å²) in [5, 5.41) is 0. The number of pyridine rings is 1. The Labute approximate surface area is 154 Å². The Hall–Kier alpha value is -2.17. The number of rotatable bonds is 3. The van der Waals surface area contributed by atoms with Gasteiger partial charge >= 0.3 is 7.55 Å². The van der Waals surface area contributed by atoms with E-state index in [0.29, 0.717) is 11.5 Å². The van der Waals surface area contributed by atoms with Crippen LogP contribution in [-0.4, -0.2) is 12.5 Å². The number of hydrogen-bond donors (Lipinski definition) is 0. The molecule has 0 N–H and O–H groups in total. The molecule has 2 radical (unpaired) electrons. The van der Waals surface area contributed by atoms with E-state index in [0.717, 1.165) is 17.1 Å². The van der Waals surface area contributed by atoms with E-state index in [-0.39, 0.29) is 20.1 Å². The third-order valence-electron chi connectivity index (χ3n) is 3.84. The van der Waals surface area contributed by atoms with E-state index in [2.05, 4.69) is 28.0 Å². The number of para-hydroxylation sites is 3. The van der Waals surface area contributed by atoms with Gasteiger partial charge in [0.25, 0.3) is 0 Å². The number of fused-ring (bicyclic) bond motifs is 1. The Bertz CT molecular complexity index is 831. The molecule has 0 atom stereocenters. The number of hydrogen-bond acceptors (Lipinski definition) is 3. The molecule has 24 heavy (non-hydrogen) atoms. The molecule has 0 spiro atoms. The first kappa shape index (κ1) is 16.7. The van der Waals surface area contributed by atoms with Gasteiger partial charge in [-0.05, 0) is 36.4 Å². The van der Waals surface area contributed by atoms with Gasteiger partial charge < -0.3 is 9.62 Å². The van der Waals surface area contributed by atoms with Crippen LogP contribution in [0.1, 0.15) is 5.69 Å². The van der Waals surface area contributed by atoms with Crippen LogP contribution >= 0.6 is 0 Å². The average molecular weight is 494 g/mol. The fourth-order valence-electron chi connectivity index (χ4n) is 2.76. The summed E-state index contributed by atoms with van der Waals surface area (Å²) in [6.07, 6.45) is 0. The molecule has 2 heterocycles. The molecule has 2 aromatic carbocycles. The van der Waals surface area contributed by atoms with Crippen LogP contribution in [0.25, 0.3) is 0 Å². The van der Waals surface area contributed by atoms with Gasteiger partial charge in [0.1, 0.15) is 12.5 Å². The van der Waals surface area contributed by atoms with Crippen molar-refractivity contribution in [3.8, 4) is 0 Å². The van der Waals surface area contributed by atoms with Crippen molar-refractivity contribution in [3.63, 3.8) is 0 Å². The number of benzene rings is 2. The van der Waals surface area contributed by atoms with Crippen LogP contribution in [0.4, 0.5) is 27.3 Å². The molecule has 0 aliphatic carbocycles. The van der Waals surface area contributed by atoms with E-state index in [1.807, 2.05) is 60.9 Å². The molecule has 1 aromatic heterocycles. The van der Waals surface area contributed by atoms with Gasteiger partial charge in [-0.2, -0.15) is 0 Å². The van der Waals surface area contributed by atoms with Gasteiger partial charge in [-0.1, -0.05) is 36.4 Å². The summed E-state index contributed by atoms with van der Waals surface area (Å²) in [5.74, 6) is 0.714. The molecule has 120 valence electrons. The van der Waals surface area contributed by atoms with Crippen LogP contribution < -0.4 is 9.62 Å². The largest absolute Gasteiger partial charge is 0.402 e. The monoisotopic (exact) mass is 495 g/mol. The summed E-state index contributed by atoms with van der Waals surface area (Å²) >= 11 is 0. The SMILES string of the molecule is FCc1cccc(N2[B]N(c3ccccc3)c3ccccc32)n1.[Ir]. The number of halogens is 1. The van der Waals surface area contributed by atoms with Crippen molar-refractivity contribution >= 4 is 30.4 Å². The predicted octanol–water partition coefficient (Wildman–Crippen LogP) is 4.37. The first-order chi connectivity index (χ1) is 11.4. The number of anilines is 4. The Morgan fingerprint density at radius 2 is 1.46 bits per heavy atom. The fraction of sp³-hybridized carbons (Fsp3) is 0.0556. The minimum absolute atomic E-state index is 0. The molecule has 0 fully saturated rings. The molecular formula is C18H14BFIrN3. The zero-order valence-electron chi connectivity index (χ0n) is 12.8. The second-order valence-corrected chi connectivity index (χ2v) is 5.30. The second kappa shape index (κ2) is 7.16. The molecule has 0 saturated heterocycles. The van der Waals surface area contributed by atoms with E-state index >= 15 is 0 Å². The average Bonchev–Trinajstić information content (AvgIpc) is 3.02. The Balaban J connectivity index is 0.00000169. The van der Waals surface area contributed by atoms with Crippen molar-refractivity contribution in [2.24, 2.45) is 0 Å². The number of aromatic nitrogens is 1. The maximum atomic E-state index is 12.9. The first-order valence-electron chi connectivity index (χ1n) is 7.46. The third-order valence-corrected chi connectivity index (χ3v) is 3.84. The van der Waals surface area contributed by atoms with Gasteiger partial charge in [0.2, 0.25) is 0 Å². The maximum Gasteiger partial charge on any atom is 0.402 e. The van der Waals surface area contributed by atoms with E-state index in [9.17, 15) is 4.39 Å². The van der Waals surface area contributed by atoms with Crippen LogP contribution in [0.5, 0.6) is 0 Å². The molecule has 0 saturated carbocycles. The zero-order chi connectivity index (χ0) is 15.6. The van der Waals surface area contributed by atoms with Crippen molar-refractivity contribution in [2.75, 3.05) is 9.62 Å². The topological polar surface area (TPSA) is 19.4 Å². The van der Waals surface area contributed by atoms with Gasteiger partial charge in [0, 0.05) is 25.8 Å². The summed E-state index contributed by atoms with van der Waals surface area (Å²) in [7, 11) is 1.99. The van der Waals surface area contributed by atoms with Crippen LogP contribution in [0.2, 0.25) is 0 Å². The molecule has 4 rings (SSSR count). The van der Waals surface area contributed by atoms with Gasteiger partial charge in [-0.15, -0.1) is 0 Å². The second-order valence-electron chi connectivity index (χ2n) is 5.30. The predicted molar refractivity (Wildman–Crippen MR) is 92.0 cm³/mol. The summed E-state index contributed by atoms with van der Waals surface area (Å²) in [6.45, 7) is -0.564. The molecule has 1 aliphatic heterocycles. The Morgan fingerprint density at radius 1 is 0.792 bits per heavy atom. The van der Waals surface area contributed by atoms with Crippen molar-refractivity contribution in [1.29, 1.82) is 0 Å². The standard InChI is InChI=1S/C18H14BFN3.Ir/c20-13-14-7-6-12-18(21-14)23-17-11-5-4-10-16(17)22(19-23)15-8-2-1-3-9-15;/h1-12H,13H2;. The molecule has 0 amide bonds. The summed E-state index contributed by atoms with van der Waals surface area (Å²) in [5.41, 5.74) is 3.61. The first-order valence-corrected chi connectivity index (χ1v) is 7.46. The molecule has 0 unspecified atom stereocenters. The van der Waals surface area contributed by atoms with Crippen LogP contribution in [0.3, 0.4) is 0 Å². The van der Waals surface area contributed by atoms with Crippen molar-refractivity contribution in [2.45, 2.75) is 6.67 Å². The molecule has 3 nitrogen and oxygen atoms in total. The van der Waals surface area contributed by atoms with Gasteiger partial charge in [-0.3, -0.25) is 0 Å². The van der Waals surface area contributed by atoms with E-state index < -0.39 is 6.67 Å². The summed E-state index contributed by atoms with van der Waals surface area (Å²) in [4.78, 5) is 8.49. The molecular weight excluding hydrogens is 480 g/mol. The Morgan fingerprint density at radius 3 is 2.17 bits per heavy atom. The minimum Gasteiger partial charge on any atom is -0.367 e. The molecule has 0 bridgehead atoms. The van der Waals surface area contributed by atoms with Crippen molar-refractivity contribution < 1.29 is 24.5 Å².